The molecule has 0 bridgehead atoms. The molecule has 5 nitrogen and oxygen atoms in total. The summed E-state index contributed by atoms with van der Waals surface area (Å²) in [6.45, 7) is 1.83. The zero-order valence-electron chi connectivity index (χ0n) is 9.96. The maximum absolute atomic E-state index is 11.8. The van der Waals surface area contributed by atoms with E-state index in [4.69, 9.17) is 15.8 Å². The predicted octanol–water partition coefficient (Wildman–Crippen LogP) is 2.02. The minimum atomic E-state index is -1.49. The van der Waals surface area contributed by atoms with Crippen molar-refractivity contribution in [3.8, 4) is 5.75 Å². The van der Waals surface area contributed by atoms with Crippen molar-refractivity contribution in [2.24, 2.45) is 7.05 Å². The van der Waals surface area contributed by atoms with Gasteiger partial charge in [-0.2, -0.15) is 0 Å². The maximum Gasteiger partial charge on any atom is 0.214 e. The highest BCUT2D eigenvalue weighted by molar-refractivity contribution is 7.79. The lowest BCUT2D eigenvalue weighted by Gasteiger charge is -2.04. The van der Waals surface area contributed by atoms with Crippen molar-refractivity contribution < 1.29 is 8.39 Å². The summed E-state index contributed by atoms with van der Waals surface area (Å²) in [5.74, 6) is 2.10. The Hall–Kier alpha value is -1.40. The fourth-order valence-electron chi connectivity index (χ4n) is 1.31. The lowest BCUT2D eigenvalue weighted by molar-refractivity contribution is 0.558. The van der Waals surface area contributed by atoms with Gasteiger partial charge in [-0.25, -0.2) is 4.21 Å². The normalized spacial score (nSPS) is 12.4. The minimum Gasteiger partial charge on any atom is -0.400 e. The van der Waals surface area contributed by atoms with E-state index >= 15 is 0 Å². The summed E-state index contributed by atoms with van der Waals surface area (Å²) in [6.07, 6.45) is 0. The number of nitrogens with zero attached hydrogens (tertiary/aromatic N) is 3. The molecule has 2 aromatic rings. The van der Waals surface area contributed by atoms with Gasteiger partial charge in [0.25, 0.3) is 0 Å². The summed E-state index contributed by atoms with van der Waals surface area (Å²) in [6, 6.07) is 6.70. The predicted molar refractivity (Wildman–Crippen MR) is 69.7 cm³/mol. The van der Waals surface area contributed by atoms with Crippen LogP contribution in [-0.4, -0.2) is 19.0 Å². The first-order valence-corrected chi connectivity index (χ1v) is 6.85. The van der Waals surface area contributed by atoms with Crippen molar-refractivity contribution in [2.75, 3.05) is 0 Å². The summed E-state index contributed by atoms with van der Waals surface area (Å²) in [4.78, 5) is 0. The highest BCUT2D eigenvalue weighted by Gasteiger charge is 2.11. The molecule has 0 N–H and O–H groups in total. The van der Waals surface area contributed by atoms with Crippen molar-refractivity contribution in [1.82, 2.24) is 14.8 Å². The molecule has 0 aliphatic heterocycles. The van der Waals surface area contributed by atoms with Crippen molar-refractivity contribution in [3.05, 3.63) is 40.9 Å². The average Bonchev–Trinajstić information content (AvgIpc) is 2.64. The van der Waals surface area contributed by atoms with Crippen molar-refractivity contribution >= 4 is 22.7 Å². The zero-order chi connectivity index (χ0) is 13.1. The van der Waals surface area contributed by atoms with Crippen LogP contribution in [0.2, 0.25) is 5.02 Å². The second kappa shape index (κ2) is 5.49. The van der Waals surface area contributed by atoms with E-state index in [1.54, 1.807) is 28.8 Å². The molecule has 0 spiro atoms. The second-order valence-electron chi connectivity index (χ2n) is 3.71. The van der Waals surface area contributed by atoms with Gasteiger partial charge in [0.2, 0.25) is 11.1 Å². The topological polar surface area (TPSA) is 57.0 Å². The minimum absolute atomic E-state index is 0.194. The molecule has 0 aliphatic rings. The summed E-state index contributed by atoms with van der Waals surface area (Å²) < 4.78 is 18.9. The first kappa shape index (κ1) is 13.0. The summed E-state index contributed by atoms with van der Waals surface area (Å²) >= 11 is 4.26. The molecular weight excluding hydrogens is 274 g/mol. The van der Waals surface area contributed by atoms with E-state index in [2.05, 4.69) is 10.2 Å². The molecule has 0 fully saturated rings. The fourth-order valence-corrected chi connectivity index (χ4v) is 2.28. The molecule has 1 unspecified atom stereocenters. The van der Waals surface area contributed by atoms with Crippen molar-refractivity contribution in [1.29, 1.82) is 0 Å². The van der Waals surface area contributed by atoms with Gasteiger partial charge in [0.15, 0.2) is 0 Å². The standard InChI is InChI=1S/C11H12ClN3O2S/c1-8-13-14-11(15(8)2)7-18(16)17-10-5-3-9(12)4-6-10/h3-6H,7H2,1-2H3. The van der Waals surface area contributed by atoms with E-state index in [0.29, 0.717) is 16.6 Å². The van der Waals surface area contributed by atoms with E-state index in [9.17, 15) is 4.21 Å². The van der Waals surface area contributed by atoms with Gasteiger partial charge in [0, 0.05) is 12.1 Å². The Labute approximate surface area is 112 Å². The molecule has 0 amide bonds. The van der Waals surface area contributed by atoms with E-state index < -0.39 is 11.1 Å². The van der Waals surface area contributed by atoms with Crippen LogP contribution in [0, 0.1) is 6.92 Å². The Bertz CT molecular complexity index is 568. The van der Waals surface area contributed by atoms with Crippen molar-refractivity contribution in [2.45, 2.75) is 12.7 Å². The lowest BCUT2D eigenvalue weighted by atomic mass is 10.3. The number of hydrogen-bond donors (Lipinski definition) is 0. The number of aromatic nitrogens is 3. The SMILES string of the molecule is Cc1nnc(CS(=O)Oc2ccc(Cl)cc2)n1C. The number of benzene rings is 1. The Balaban J connectivity index is 2.01. The zero-order valence-corrected chi connectivity index (χ0v) is 11.5. The van der Waals surface area contributed by atoms with Gasteiger partial charge < -0.3 is 8.75 Å². The number of hydrogen-bond acceptors (Lipinski definition) is 4. The summed E-state index contributed by atoms with van der Waals surface area (Å²) in [7, 11) is 1.82. The van der Waals surface area contributed by atoms with E-state index in [1.807, 2.05) is 14.0 Å². The van der Waals surface area contributed by atoms with E-state index in [-0.39, 0.29) is 5.75 Å². The molecule has 7 heteroatoms. The monoisotopic (exact) mass is 285 g/mol. The summed E-state index contributed by atoms with van der Waals surface area (Å²) in [5, 5.41) is 8.43. The average molecular weight is 286 g/mol. The molecule has 2 rings (SSSR count). The number of halogens is 1. The van der Waals surface area contributed by atoms with Crippen LogP contribution in [0.4, 0.5) is 0 Å². The van der Waals surface area contributed by atoms with Crippen LogP contribution in [0.3, 0.4) is 0 Å². The van der Waals surface area contributed by atoms with E-state index in [1.165, 1.54) is 0 Å². The molecule has 1 heterocycles. The molecule has 18 heavy (non-hydrogen) atoms. The van der Waals surface area contributed by atoms with Gasteiger partial charge in [-0.3, -0.25) is 0 Å². The van der Waals surface area contributed by atoms with Crippen LogP contribution in [0.15, 0.2) is 24.3 Å². The maximum atomic E-state index is 11.8. The highest BCUT2D eigenvalue weighted by atomic mass is 35.5. The van der Waals surface area contributed by atoms with Crippen LogP contribution in [0.1, 0.15) is 11.6 Å². The number of rotatable bonds is 4. The third kappa shape index (κ3) is 3.08. The molecule has 0 saturated heterocycles. The van der Waals surface area contributed by atoms with Crippen LogP contribution in [0.5, 0.6) is 5.75 Å². The molecular formula is C11H12ClN3O2S. The molecule has 1 aromatic heterocycles. The van der Waals surface area contributed by atoms with Gasteiger partial charge in [-0.05, 0) is 31.2 Å². The van der Waals surface area contributed by atoms with Gasteiger partial charge in [0.1, 0.15) is 23.2 Å². The summed E-state index contributed by atoms with van der Waals surface area (Å²) in [5.41, 5.74) is 0. The highest BCUT2D eigenvalue weighted by Crippen LogP contribution is 2.17. The molecule has 0 saturated carbocycles. The third-order valence-corrected chi connectivity index (χ3v) is 3.56. The van der Waals surface area contributed by atoms with E-state index in [0.717, 1.165) is 5.82 Å². The fraction of sp³-hybridized carbons (Fsp3) is 0.273. The lowest BCUT2D eigenvalue weighted by Crippen LogP contribution is -2.08. The van der Waals surface area contributed by atoms with Crippen LogP contribution >= 0.6 is 11.6 Å². The third-order valence-electron chi connectivity index (χ3n) is 2.43. The molecule has 0 radical (unpaired) electrons. The van der Waals surface area contributed by atoms with Crippen LogP contribution < -0.4 is 4.18 Å². The molecule has 0 aliphatic carbocycles. The Kier molecular flexibility index (Phi) is 3.98. The van der Waals surface area contributed by atoms with Gasteiger partial charge in [-0.1, -0.05) is 11.6 Å². The quantitative estimate of drug-likeness (QED) is 0.862. The van der Waals surface area contributed by atoms with Crippen molar-refractivity contribution in [3.63, 3.8) is 0 Å². The van der Waals surface area contributed by atoms with Crippen LogP contribution in [0.25, 0.3) is 0 Å². The number of aryl methyl sites for hydroxylation is 1. The van der Waals surface area contributed by atoms with Gasteiger partial charge >= 0.3 is 0 Å². The second-order valence-corrected chi connectivity index (χ2v) is 5.21. The van der Waals surface area contributed by atoms with Gasteiger partial charge in [0.05, 0.1) is 0 Å². The van der Waals surface area contributed by atoms with Gasteiger partial charge in [-0.15, -0.1) is 10.2 Å². The smallest absolute Gasteiger partial charge is 0.214 e. The van der Waals surface area contributed by atoms with Crippen LogP contribution in [-0.2, 0) is 23.9 Å². The Morgan fingerprint density at radius 3 is 2.56 bits per heavy atom. The molecule has 1 aromatic carbocycles. The first-order chi connectivity index (χ1) is 8.56. The Morgan fingerprint density at radius 1 is 1.33 bits per heavy atom. The molecule has 1 atom stereocenters. The first-order valence-electron chi connectivity index (χ1n) is 5.23. The Morgan fingerprint density at radius 2 is 2.00 bits per heavy atom. The largest absolute Gasteiger partial charge is 0.400 e. The molecule has 96 valence electrons.